The second-order valence-corrected chi connectivity index (χ2v) is 4.34. The van der Waals surface area contributed by atoms with E-state index in [2.05, 4.69) is 29.2 Å². The molecule has 0 amide bonds. The normalized spacial score (nSPS) is 16.4. The van der Waals surface area contributed by atoms with Crippen LogP contribution in [-0.2, 0) is 19.5 Å². The Hall–Kier alpha value is -0.870. The third-order valence-electron chi connectivity index (χ3n) is 3.07. The van der Waals surface area contributed by atoms with E-state index < -0.39 is 0 Å². The van der Waals surface area contributed by atoms with Crippen LogP contribution in [0.5, 0.6) is 0 Å². The van der Waals surface area contributed by atoms with Crippen molar-refractivity contribution in [2.45, 2.75) is 39.8 Å². The molecule has 0 unspecified atom stereocenters. The Labute approximate surface area is 97.0 Å². The van der Waals surface area contributed by atoms with Gasteiger partial charge >= 0.3 is 0 Å². The lowest BCUT2D eigenvalue weighted by Crippen LogP contribution is -2.31. The zero-order valence-corrected chi connectivity index (χ0v) is 10.3. The van der Waals surface area contributed by atoms with Crippen LogP contribution in [-0.4, -0.2) is 29.7 Å². The fourth-order valence-electron chi connectivity index (χ4n) is 2.21. The molecule has 1 aromatic heterocycles. The maximum absolute atomic E-state index is 5.39. The van der Waals surface area contributed by atoms with Crippen LogP contribution >= 0.6 is 0 Å². The fourth-order valence-corrected chi connectivity index (χ4v) is 2.21. The summed E-state index contributed by atoms with van der Waals surface area (Å²) in [5, 5.41) is 7.47. The van der Waals surface area contributed by atoms with Gasteiger partial charge < -0.3 is 9.84 Å². The molecule has 0 saturated carbocycles. The number of fused-ring (bicyclic) bond motifs is 1. The number of hydrogen-bond donors (Lipinski definition) is 1. The first-order valence-electron chi connectivity index (χ1n) is 6.24. The summed E-state index contributed by atoms with van der Waals surface area (Å²) in [6.45, 7) is 9.42. The summed E-state index contributed by atoms with van der Waals surface area (Å²) in [7, 11) is 0. The Bertz CT molecular complexity index is 335. The number of aromatic nitrogens is 1. The van der Waals surface area contributed by atoms with Crippen LogP contribution in [0, 0.1) is 0 Å². The number of nitrogens with zero attached hydrogens (tertiary/aromatic N) is 2. The predicted octanol–water partition coefficient (Wildman–Crippen LogP) is 1.55. The van der Waals surface area contributed by atoms with E-state index in [1.165, 1.54) is 18.5 Å². The fraction of sp³-hybridized carbons (Fsp3) is 0.750. The second kappa shape index (κ2) is 5.46. The average Bonchev–Trinajstić information content (AvgIpc) is 2.69. The van der Waals surface area contributed by atoms with E-state index in [1.807, 2.05) is 0 Å². The molecule has 90 valence electrons. The van der Waals surface area contributed by atoms with Gasteiger partial charge in [-0.1, -0.05) is 19.0 Å². The highest BCUT2D eigenvalue weighted by Gasteiger charge is 2.22. The zero-order valence-electron chi connectivity index (χ0n) is 10.3. The first-order valence-corrected chi connectivity index (χ1v) is 6.24. The lowest BCUT2D eigenvalue weighted by atomic mass is 10.1. The molecular weight excluding hydrogens is 202 g/mol. The van der Waals surface area contributed by atoms with Crippen LogP contribution in [0.1, 0.15) is 37.3 Å². The van der Waals surface area contributed by atoms with Crippen molar-refractivity contribution in [2.75, 3.05) is 19.6 Å². The molecule has 0 atom stereocenters. The summed E-state index contributed by atoms with van der Waals surface area (Å²) < 4.78 is 5.39. The van der Waals surface area contributed by atoms with Crippen molar-refractivity contribution in [3.8, 4) is 0 Å². The van der Waals surface area contributed by atoms with Gasteiger partial charge in [0, 0.05) is 31.6 Å². The maximum Gasteiger partial charge on any atom is 0.142 e. The molecule has 4 heteroatoms. The Morgan fingerprint density at radius 1 is 1.44 bits per heavy atom. The third kappa shape index (κ3) is 2.44. The summed E-state index contributed by atoms with van der Waals surface area (Å²) in [4.78, 5) is 2.48. The van der Waals surface area contributed by atoms with Crippen molar-refractivity contribution < 1.29 is 4.52 Å². The number of hydrogen-bond acceptors (Lipinski definition) is 4. The van der Waals surface area contributed by atoms with Crippen LogP contribution < -0.4 is 5.32 Å². The van der Waals surface area contributed by atoms with Crippen LogP contribution in [0.15, 0.2) is 4.52 Å². The molecule has 1 aliphatic rings. The van der Waals surface area contributed by atoms with E-state index in [0.717, 1.165) is 44.1 Å². The van der Waals surface area contributed by atoms with Gasteiger partial charge in [-0.15, -0.1) is 0 Å². The summed E-state index contributed by atoms with van der Waals surface area (Å²) in [6.07, 6.45) is 2.22. The smallest absolute Gasteiger partial charge is 0.142 e. The van der Waals surface area contributed by atoms with Gasteiger partial charge in [0.1, 0.15) is 11.5 Å². The number of nitrogens with one attached hydrogen (secondary N) is 1. The largest absolute Gasteiger partial charge is 0.361 e. The van der Waals surface area contributed by atoms with E-state index in [9.17, 15) is 0 Å². The molecule has 4 nitrogen and oxygen atoms in total. The van der Waals surface area contributed by atoms with Gasteiger partial charge in [-0.05, 0) is 19.5 Å². The molecule has 0 radical (unpaired) electrons. The lowest BCUT2D eigenvalue weighted by Gasteiger charge is -2.25. The van der Waals surface area contributed by atoms with Crippen molar-refractivity contribution in [1.29, 1.82) is 0 Å². The molecule has 16 heavy (non-hydrogen) atoms. The minimum Gasteiger partial charge on any atom is -0.361 e. The monoisotopic (exact) mass is 223 g/mol. The van der Waals surface area contributed by atoms with Gasteiger partial charge in [0.05, 0.1) is 0 Å². The van der Waals surface area contributed by atoms with Crippen molar-refractivity contribution in [3.05, 3.63) is 17.0 Å². The van der Waals surface area contributed by atoms with Crippen LogP contribution in [0.4, 0.5) is 0 Å². The summed E-state index contributed by atoms with van der Waals surface area (Å²) >= 11 is 0. The Morgan fingerprint density at radius 3 is 3.06 bits per heavy atom. The van der Waals surface area contributed by atoms with Gasteiger partial charge in [-0.2, -0.15) is 0 Å². The molecule has 0 spiro atoms. The molecule has 1 aromatic rings. The highest BCUT2D eigenvalue weighted by Crippen LogP contribution is 2.22. The second-order valence-electron chi connectivity index (χ2n) is 4.34. The van der Waals surface area contributed by atoms with Gasteiger partial charge in [0.25, 0.3) is 0 Å². The lowest BCUT2D eigenvalue weighted by molar-refractivity contribution is 0.237. The highest BCUT2D eigenvalue weighted by atomic mass is 16.5. The maximum atomic E-state index is 5.39. The van der Waals surface area contributed by atoms with Crippen molar-refractivity contribution in [2.24, 2.45) is 0 Å². The van der Waals surface area contributed by atoms with Crippen molar-refractivity contribution in [3.63, 3.8) is 0 Å². The van der Waals surface area contributed by atoms with Crippen LogP contribution in [0.3, 0.4) is 0 Å². The van der Waals surface area contributed by atoms with Crippen LogP contribution in [0.25, 0.3) is 0 Å². The molecule has 0 saturated heterocycles. The summed E-state index contributed by atoms with van der Waals surface area (Å²) in [6, 6.07) is 0. The molecule has 2 rings (SSSR count). The molecule has 0 aromatic carbocycles. The third-order valence-corrected chi connectivity index (χ3v) is 3.07. The van der Waals surface area contributed by atoms with Gasteiger partial charge in [-0.3, -0.25) is 4.90 Å². The molecular formula is C12H21N3O. The van der Waals surface area contributed by atoms with E-state index in [4.69, 9.17) is 4.52 Å². The molecule has 0 aliphatic carbocycles. The van der Waals surface area contributed by atoms with E-state index in [1.54, 1.807) is 0 Å². The minimum atomic E-state index is 0.829. The molecule has 1 aliphatic heterocycles. The number of rotatable bonds is 5. The van der Waals surface area contributed by atoms with Crippen LogP contribution in [0.2, 0.25) is 0 Å². The Balaban J connectivity index is 2.05. The topological polar surface area (TPSA) is 41.3 Å². The first-order chi connectivity index (χ1) is 7.85. The van der Waals surface area contributed by atoms with E-state index >= 15 is 0 Å². The quantitative estimate of drug-likeness (QED) is 0.822. The van der Waals surface area contributed by atoms with E-state index in [-0.39, 0.29) is 0 Å². The van der Waals surface area contributed by atoms with Gasteiger partial charge in [-0.25, -0.2) is 0 Å². The SMILES string of the molecule is CCCN1CCc2onc(CNCC)c2C1. The van der Waals surface area contributed by atoms with E-state index in [0.29, 0.717) is 0 Å². The average molecular weight is 223 g/mol. The Kier molecular flexibility index (Phi) is 3.96. The molecule has 0 fully saturated rings. The molecule has 1 N–H and O–H groups in total. The predicted molar refractivity (Wildman–Crippen MR) is 63.2 cm³/mol. The van der Waals surface area contributed by atoms with Gasteiger partial charge in [0.2, 0.25) is 0 Å². The van der Waals surface area contributed by atoms with Crippen molar-refractivity contribution in [1.82, 2.24) is 15.4 Å². The zero-order chi connectivity index (χ0) is 11.4. The Morgan fingerprint density at radius 2 is 2.31 bits per heavy atom. The molecule has 2 heterocycles. The standard InChI is InChI=1S/C12H21N3O/c1-3-6-15-7-5-12-10(9-15)11(14-16-12)8-13-4-2/h13H,3-9H2,1-2H3. The first kappa shape index (κ1) is 11.6. The van der Waals surface area contributed by atoms with Gasteiger partial charge in [0.15, 0.2) is 0 Å². The highest BCUT2D eigenvalue weighted by molar-refractivity contribution is 5.25. The molecule has 0 bridgehead atoms. The minimum absolute atomic E-state index is 0.829. The summed E-state index contributed by atoms with van der Waals surface area (Å²) in [5.74, 6) is 1.10. The van der Waals surface area contributed by atoms with Crippen molar-refractivity contribution >= 4 is 0 Å². The summed E-state index contributed by atoms with van der Waals surface area (Å²) in [5.41, 5.74) is 2.42.